The van der Waals surface area contributed by atoms with Gasteiger partial charge in [-0.3, -0.25) is 19.5 Å². The van der Waals surface area contributed by atoms with Crippen molar-refractivity contribution in [2.75, 3.05) is 7.11 Å². The summed E-state index contributed by atoms with van der Waals surface area (Å²) in [6, 6.07) is 16.4. The molecular formula is C22H22N2O5. The van der Waals surface area contributed by atoms with Gasteiger partial charge in [0.2, 0.25) is 5.88 Å². The average molecular weight is 394 g/mol. The van der Waals surface area contributed by atoms with E-state index >= 15 is 0 Å². The Labute approximate surface area is 167 Å². The molecule has 0 fully saturated rings. The zero-order valence-corrected chi connectivity index (χ0v) is 16.3. The number of carbonyl (C=O) groups excluding carboxylic acids is 2. The van der Waals surface area contributed by atoms with Crippen molar-refractivity contribution in [3.63, 3.8) is 0 Å². The van der Waals surface area contributed by atoms with E-state index in [1.807, 2.05) is 30.3 Å². The third-order valence-electron chi connectivity index (χ3n) is 4.39. The van der Waals surface area contributed by atoms with Crippen LogP contribution in [0.1, 0.15) is 34.8 Å². The Kier molecular flexibility index (Phi) is 6.29. The Hall–Kier alpha value is -3.61. The lowest BCUT2D eigenvalue weighted by Crippen LogP contribution is -2.23. The van der Waals surface area contributed by atoms with E-state index in [4.69, 9.17) is 9.47 Å². The number of carbonyl (C=O) groups is 2. The molecule has 0 radical (unpaired) electrons. The summed E-state index contributed by atoms with van der Waals surface area (Å²) in [5.41, 5.74) is 0.875. The molecule has 0 aliphatic rings. The maximum Gasteiger partial charge on any atom is 0.312 e. The Morgan fingerprint density at radius 1 is 1.03 bits per heavy atom. The number of esters is 1. The van der Waals surface area contributed by atoms with Crippen LogP contribution in [-0.2, 0) is 17.8 Å². The molecule has 7 heteroatoms. The summed E-state index contributed by atoms with van der Waals surface area (Å²) in [5.74, 6) is -0.479. The van der Waals surface area contributed by atoms with Crippen molar-refractivity contribution in [2.45, 2.75) is 26.3 Å². The lowest BCUT2D eigenvalue weighted by molar-refractivity contribution is -0.134. The van der Waals surface area contributed by atoms with Crippen molar-refractivity contribution in [3.8, 4) is 11.6 Å². The molecule has 0 aliphatic heterocycles. The zero-order chi connectivity index (χ0) is 20.8. The highest BCUT2D eigenvalue weighted by atomic mass is 16.5. The Morgan fingerprint density at radius 3 is 2.45 bits per heavy atom. The first-order valence-corrected chi connectivity index (χ1v) is 9.25. The highest BCUT2D eigenvalue weighted by Gasteiger charge is 2.24. The number of benzene rings is 2. The molecule has 29 heavy (non-hydrogen) atoms. The summed E-state index contributed by atoms with van der Waals surface area (Å²) in [5, 5.41) is 2.77. The predicted molar refractivity (Wildman–Crippen MR) is 108 cm³/mol. The summed E-state index contributed by atoms with van der Waals surface area (Å²) in [7, 11) is 1.54. The average Bonchev–Trinajstić information content (AvgIpc) is 3.03. The van der Waals surface area contributed by atoms with Crippen LogP contribution in [0.15, 0.2) is 59.4 Å². The SMILES string of the molecule is CCC(=O)Oc1[nH]n(Cc2ccccc2)c(=O)c1C(=O)Cc1cccc(OC)c1. The van der Waals surface area contributed by atoms with Gasteiger partial charge in [0, 0.05) is 12.8 Å². The number of nitrogens with one attached hydrogen (secondary N) is 1. The molecule has 1 aromatic heterocycles. The highest BCUT2D eigenvalue weighted by molar-refractivity contribution is 5.99. The number of hydrogen-bond donors (Lipinski definition) is 1. The van der Waals surface area contributed by atoms with Crippen LogP contribution in [0.5, 0.6) is 11.6 Å². The minimum Gasteiger partial charge on any atom is -0.497 e. The van der Waals surface area contributed by atoms with Crippen LogP contribution >= 0.6 is 0 Å². The molecule has 0 saturated carbocycles. The smallest absolute Gasteiger partial charge is 0.312 e. The van der Waals surface area contributed by atoms with Crippen molar-refractivity contribution < 1.29 is 19.1 Å². The van der Waals surface area contributed by atoms with Crippen LogP contribution in [0.2, 0.25) is 0 Å². The van der Waals surface area contributed by atoms with Gasteiger partial charge < -0.3 is 9.47 Å². The van der Waals surface area contributed by atoms with Gasteiger partial charge in [-0.1, -0.05) is 49.4 Å². The number of ketones is 1. The first kappa shape index (κ1) is 20.1. The van der Waals surface area contributed by atoms with Crippen molar-refractivity contribution >= 4 is 11.8 Å². The van der Waals surface area contributed by atoms with E-state index in [9.17, 15) is 14.4 Å². The van der Waals surface area contributed by atoms with Gasteiger partial charge in [0.1, 0.15) is 11.3 Å². The number of ether oxygens (including phenoxy) is 2. The van der Waals surface area contributed by atoms with Gasteiger partial charge in [-0.05, 0) is 23.3 Å². The monoisotopic (exact) mass is 394 g/mol. The molecule has 1 heterocycles. The number of rotatable bonds is 8. The molecule has 0 spiro atoms. The van der Waals surface area contributed by atoms with E-state index in [0.717, 1.165) is 5.56 Å². The second-order valence-corrected chi connectivity index (χ2v) is 6.47. The minimum absolute atomic E-state index is 0.0215. The summed E-state index contributed by atoms with van der Waals surface area (Å²) in [4.78, 5) is 37.6. The standard InChI is InChI=1S/C22H22N2O5/c1-3-19(26)29-21-20(18(25)13-16-10-7-11-17(12-16)28-2)22(27)24(23-21)14-15-8-5-4-6-9-15/h4-12,23H,3,13-14H2,1-2H3. The van der Waals surface area contributed by atoms with Gasteiger partial charge >= 0.3 is 5.97 Å². The molecular weight excluding hydrogens is 372 g/mol. The number of hydrogen-bond acceptors (Lipinski definition) is 5. The maximum absolute atomic E-state index is 12.9. The molecule has 1 N–H and O–H groups in total. The van der Waals surface area contributed by atoms with E-state index in [1.54, 1.807) is 31.2 Å². The number of Topliss-reactive ketones (excluding diaryl/α,β-unsaturated/α-hetero) is 1. The van der Waals surface area contributed by atoms with Gasteiger partial charge in [-0.2, -0.15) is 0 Å². The summed E-state index contributed by atoms with van der Waals surface area (Å²) >= 11 is 0. The van der Waals surface area contributed by atoms with Gasteiger partial charge in [0.25, 0.3) is 5.56 Å². The van der Waals surface area contributed by atoms with Crippen LogP contribution in [-0.4, -0.2) is 28.6 Å². The molecule has 0 atom stereocenters. The van der Waals surface area contributed by atoms with Gasteiger partial charge in [-0.15, -0.1) is 0 Å². The molecule has 0 amide bonds. The van der Waals surface area contributed by atoms with Gasteiger partial charge in [0.05, 0.1) is 13.7 Å². The second kappa shape index (κ2) is 9.05. The van der Waals surface area contributed by atoms with Crippen LogP contribution in [0.25, 0.3) is 0 Å². The Bertz CT molecular complexity index is 1070. The van der Waals surface area contributed by atoms with Gasteiger partial charge in [0.15, 0.2) is 5.78 Å². The summed E-state index contributed by atoms with van der Waals surface area (Å²) in [6.07, 6.45) is 0.0989. The molecule has 150 valence electrons. The zero-order valence-electron chi connectivity index (χ0n) is 16.3. The van der Waals surface area contributed by atoms with E-state index < -0.39 is 17.3 Å². The molecule has 7 nitrogen and oxygen atoms in total. The van der Waals surface area contributed by atoms with Crippen molar-refractivity contribution in [1.29, 1.82) is 0 Å². The minimum atomic E-state index is -0.534. The van der Waals surface area contributed by atoms with E-state index in [0.29, 0.717) is 11.3 Å². The second-order valence-electron chi connectivity index (χ2n) is 6.47. The Balaban J connectivity index is 1.94. The lowest BCUT2D eigenvalue weighted by atomic mass is 10.0. The van der Waals surface area contributed by atoms with Crippen molar-refractivity contribution in [1.82, 2.24) is 9.78 Å². The summed E-state index contributed by atoms with van der Waals surface area (Å²) < 4.78 is 11.7. The maximum atomic E-state index is 12.9. The fourth-order valence-electron chi connectivity index (χ4n) is 2.90. The fourth-order valence-corrected chi connectivity index (χ4v) is 2.90. The molecule has 0 saturated heterocycles. The largest absolute Gasteiger partial charge is 0.497 e. The van der Waals surface area contributed by atoms with Gasteiger partial charge in [-0.25, -0.2) is 4.68 Å². The normalized spacial score (nSPS) is 10.6. The quantitative estimate of drug-likeness (QED) is 0.469. The third kappa shape index (κ3) is 4.82. The van der Waals surface area contributed by atoms with E-state index in [1.165, 1.54) is 11.8 Å². The molecule has 0 unspecified atom stereocenters. The molecule has 0 bridgehead atoms. The predicted octanol–water partition coefficient (Wildman–Crippen LogP) is 2.97. The molecule has 3 aromatic rings. The van der Waals surface area contributed by atoms with Crippen LogP contribution in [0.3, 0.4) is 0 Å². The molecule has 3 rings (SSSR count). The van der Waals surface area contributed by atoms with E-state index in [2.05, 4.69) is 5.10 Å². The lowest BCUT2D eigenvalue weighted by Gasteiger charge is -2.04. The van der Waals surface area contributed by atoms with E-state index in [-0.39, 0.29) is 30.8 Å². The summed E-state index contributed by atoms with van der Waals surface area (Å²) in [6.45, 7) is 1.86. The van der Waals surface area contributed by atoms with Crippen LogP contribution in [0, 0.1) is 0 Å². The number of aromatic nitrogens is 2. The van der Waals surface area contributed by atoms with Crippen LogP contribution in [0.4, 0.5) is 0 Å². The molecule has 2 aromatic carbocycles. The number of aromatic amines is 1. The fraction of sp³-hybridized carbons (Fsp3) is 0.227. The number of nitrogens with zero attached hydrogens (tertiary/aromatic N) is 1. The Morgan fingerprint density at radius 2 is 1.76 bits per heavy atom. The molecule has 0 aliphatic carbocycles. The third-order valence-corrected chi connectivity index (χ3v) is 4.39. The first-order chi connectivity index (χ1) is 14.0. The number of methoxy groups -OCH3 is 1. The highest BCUT2D eigenvalue weighted by Crippen LogP contribution is 2.19. The first-order valence-electron chi connectivity index (χ1n) is 9.25. The van der Waals surface area contributed by atoms with Crippen LogP contribution < -0.4 is 15.0 Å². The number of H-pyrrole nitrogens is 1. The van der Waals surface area contributed by atoms with Crippen molar-refractivity contribution in [2.24, 2.45) is 0 Å². The topological polar surface area (TPSA) is 90.4 Å². The van der Waals surface area contributed by atoms with Crippen molar-refractivity contribution in [3.05, 3.63) is 81.6 Å².